The highest BCUT2D eigenvalue weighted by Crippen LogP contribution is 2.24. The lowest BCUT2D eigenvalue weighted by Crippen LogP contribution is -2.46. The molecule has 1 aromatic carbocycles. The minimum Gasteiger partial charge on any atom is -0.367 e. The molecular formula is C24H29FN6O. The molecule has 2 aliphatic rings. The van der Waals surface area contributed by atoms with E-state index in [9.17, 15) is 4.39 Å². The van der Waals surface area contributed by atoms with E-state index in [0.29, 0.717) is 29.9 Å². The highest BCUT2D eigenvalue weighted by Gasteiger charge is 2.22. The fourth-order valence-electron chi connectivity index (χ4n) is 4.59. The van der Waals surface area contributed by atoms with Crippen LogP contribution < -0.4 is 9.80 Å². The fourth-order valence-corrected chi connectivity index (χ4v) is 4.59. The third kappa shape index (κ3) is 4.60. The number of anilines is 2. The van der Waals surface area contributed by atoms with Gasteiger partial charge in [0.25, 0.3) is 0 Å². The van der Waals surface area contributed by atoms with Crippen LogP contribution in [-0.4, -0.2) is 59.3 Å². The maximum absolute atomic E-state index is 14.0. The van der Waals surface area contributed by atoms with Gasteiger partial charge in [-0.1, -0.05) is 24.2 Å². The van der Waals surface area contributed by atoms with Crippen molar-refractivity contribution in [1.29, 1.82) is 0 Å². The normalized spacial score (nSPS) is 20.0. The smallest absolute Gasteiger partial charge is 0.241 e. The monoisotopic (exact) mass is 436 g/mol. The summed E-state index contributed by atoms with van der Waals surface area (Å²) in [5.74, 6) is 2.71. The molecule has 1 atom stereocenters. The molecule has 0 N–H and O–H groups in total. The molecule has 3 aromatic rings. The predicted octanol–water partition coefficient (Wildman–Crippen LogP) is 3.83. The van der Waals surface area contributed by atoms with E-state index < -0.39 is 0 Å². The van der Waals surface area contributed by atoms with Crippen LogP contribution in [-0.2, 0) is 6.54 Å². The summed E-state index contributed by atoms with van der Waals surface area (Å²) in [6, 6.07) is 11.0. The minimum atomic E-state index is -0.170. The van der Waals surface area contributed by atoms with Crippen LogP contribution in [0.3, 0.4) is 0 Å². The Labute approximate surface area is 187 Å². The van der Waals surface area contributed by atoms with Crippen LogP contribution in [0.15, 0.2) is 47.1 Å². The van der Waals surface area contributed by atoms with Crippen molar-refractivity contribution < 1.29 is 8.91 Å². The van der Waals surface area contributed by atoms with Gasteiger partial charge in [0.05, 0.1) is 12.2 Å². The van der Waals surface area contributed by atoms with Crippen molar-refractivity contribution in [3.05, 3.63) is 54.3 Å². The van der Waals surface area contributed by atoms with Crippen molar-refractivity contribution in [3.63, 3.8) is 0 Å². The Morgan fingerprint density at radius 2 is 1.88 bits per heavy atom. The van der Waals surface area contributed by atoms with Gasteiger partial charge in [0.15, 0.2) is 0 Å². The number of rotatable bonds is 5. The quantitative estimate of drug-likeness (QED) is 0.602. The number of nitrogens with zero attached hydrogens (tertiary/aromatic N) is 6. The topological polar surface area (TPSA) is 61.5 Å². The molecular weight excluding hydrogens is 407 g/mol. The van der Waals surface area contributed by atoms with E-state index in [1.807, 2.05) is 30.5 Å². The molecule has 0 amide bonds. The largest absolute Gasteiger partial charge is 0.367 e. The van der Waals surface area contributed by atoms with Gasteiger partial charge in [0, 0.05) is 51.0 Å². The zero-order valence-corrected chi connectivity index (χ0v) is 18.5. The second-order valence-corrected chi connectivity index (χ2v) is 8.82. The van der Waals surface area contributed by atoms with E-state index in [0.717, 1.165) is 50.6 Å². The average Bonchev–Trinajstić information content (AvgIpc) is 3.29. The minimum absolute atomic E-state index is 0.170. The maximum atomic E-state index is 14.0. The Kier molecular flexibility index (Phi) is 6.03. The second kappa shape index (κ2) is 9.24. The van der Waals surface area contributed by atoms with E-state index in [2.05, 4.69) is 36.7 Å². The van der Waals surface area contributed by atoms with Crippen molar-refractivity contribution in [1.82, 2.24) is 20.0 Å². The van der Waals surface area contributed by atoms with Crippen LogP contribution in [0.2, 0.25) is 0 Å². The summed E-state index contributed by atoms with van der Waals surface area (Å²) >= 11 is 0. The lowest BCUT2D eigenvalue weighted by Gasteiger charge is -2.35. The SMILES string of the molecule is C[C@@H]1CCCN(c2ccc(-c3noc(CN4CCN(c5ccccc5F)CC4)n3)cn2)C1. The molecule has 168 valence electrons. The van der Waals surface area contributed by atoms with E-state index in [-0.39, 0.29) is 5.82 Å². The number of aromatic nitrogens is 3. The molecule has 2 fully saturated rings. The molecule has 0 spiro atoms. The number of pyridine rings is 1. The summed E-state index contributed by atoms with van der Waals surface area (Å²) in [6.45, 7) is 8.17. The lowest BCUT2D eigenvalue weighted by atomic mass is 10.0. The van der Waals surface area contributed by atoms with Crippen molar-refractivity contribution in [3.8, 4) is 11.4 Å². The molecule has 5 rings (SSSR count). The number of piperidine rings is 1. The predicted molar refractivity (Wildman–Crippen MR) is 122 cm³/mol. The molecule has 7 nitrogen and oxygen atoms in total. The molecule has 0 aliphatic carbocycles. The Bertz CT molecular complexity index is 1030. The Morgan fingerprint density at radius 1 is 1.03 bits per heavy atom. The maximum Gasteiger partial charge on any atom is 0.241 e. The van der Waals surface area contributed by atoms with Gasteiger partial charge in [-0.25, -0.2) is 9.37 Å². The zero-order valence-electron chi connectivity index (χ0n) is 18.5. The number of hydrogen-bond donors (Lipinski definition) is 0. The first kappa shape index (κ1) is 20.9. The van der Waals surface area contributed by atoms with Crippen molar-refractivity contribution >= 4 is 11.5 Å². The molecule has 0 unspecified atom stereocenters. The summed E-state index contributed by atoms with van der Waals surface area (Å²) in [5, 5.41) is 4.15. The Morgan fingerprint density at radius 3 is 2.62 bits per heavy atom. The highest BCUT2D eigenvalue weighted by molar-refractivity contribution is 5.56. The van der Waals surface area contributed by atoms with Crippen molar-refractivity contribution in [2.75, 3.05) is 49.1 Å². The first-order valence-corrected chi connectivity index (χ1v) is 11.4. The van der Waals surface area contributed by atoms with Crippen LogP contribution in [0.5, 0.6) is 0 Å². The third-order valence-corrected chi connectivity index (χ3v) is 6.38. The summed E-state index contributed by atoms with van der Waals surface area (Å²) in [4.78, 5) is 15.9. The summed E-state index contributed by atoms with van der Waals surface area (Å²) in [5.41, 5.74) is 1.53. The van der Waals surface area contributed by atoms with Crippen molar-refractivity contribution in [2.45, 2.75) is 26.3 Å². The number of halogens is 1. The number of benzene rings is 1. The van der Waals surface area contributed by atoms with Gasteiger partial charge in [-0.2, -0.15) is 4.98 Å². The number of para-hydroxylation sites is 1. The Balaban J connectivity index is 1.17. The van der Waals surface area contributed by atoms with Gasteiger partial charge >= 0.3 is 0 Å². The van der Waals surface area contributed by atoms with Crippen LogP contribution in [0, 0.1) is 11.7 Å². The molecule has 8 heteroatoms. The zero-order chi connectivity index (χ0) is 21.9. The first-order valence-electron chi connectivity index (χ1n) is 11.4. The molecule has 2 aromatic heterocycles. The number of piperazine rings is 1. The molecule has 4 heterocycles. The highest BCUT2D eigenvalue weighted by atomic mass is 19.1. The van der Waals surface area contributed by atoms with Crippen LogP contribution >= 0.6 is 0 Å². The standard InChI is InChI=1S/C24H29FN6O/c1-18-5-4-10-31(16-18)22-9-8-19(15-26-22)24-27-23(32-28-24)17-29-11-13-30(14-12-29)21-7-3-2-6-20(21)25/h2-3,6-9,15,18H,4-5,10-14,16-17H2,1H3/t18-/m1/s1. The van der Waals surface area contributed by atoms with Gasteiger partial charge < -0.3 is 14.3 Å². The van der Waals surface area contributed by atoms with E-state index in [1.165, 1.54) is 18.9 Å². The second-order valence-electron chi connectivity index (χ2n) is 8.82. The first-order chi connectivity index (χ1) is 15.7. The van der Waals surface area contributed by atoms with Crippen LogP contribution in [0.4, 0.5) is 15.9 Å². The van der Waals surface area contributed by atoms with Gasteiger partial charge in [0.1, 0.15) is 11.6 Å². The van der Waals surface area contributed by atoms with Gasteiger partial charge in [-0.3, -0.25) is 4.90 Å². The summed E-state index contributed by atoms with van der Waals surface area (Å²) in [6.07, 6.45) is 4.34. The average molecular weight is 437 g/mol. The van der Waals surface area contributed by atoms with Crippen LogP contribution in [0.25, 0.3) is 11.4 Å². The molecule has 2 saturated heterocycles. The number of hydrogen-bond acceptors (Lipinski definition) is 7. The molecule has 2 aliphatic heterocycles. The van der Waals surface area contributed by atoms with Crippen LogP contribution in [0.1, 0.15) is 25.7 Å². The lowest BCUT2D eigenvalue weighted by molar-refractivity contribution is 0.215. The fraction of sp³-hybridized carbons (Fsp3) is 0.458. The van der Waals surface area contributed by atoms with E-state index >= 15 is 0 Å². The van der Waals surface area contributed by atoms with Gasteiger partial charge in [0.2, 0.25) is 11.7 Å². The summed E-state index contributed by atoms with van der Waals surface area (Å²) in [7, 11) is 0. The van der Waals surface area contributed by atoms with Gasteiger partial charge in [-0.15, -0.1) is 0 Å². The van der Waals surface area contributed by atoms with E-state index in [1.54, 1.807) is 6.07 Å². The van der Waals surface area contributed by atoms with Crippen molar-refractivity contribution in [2.24, 2.45) is 5.92 Å². The van der Waals surface area contributed by atoms with E-state index in [4.69, 9.17) is 4.52 Å². The Hall–Kier alpha value is -3.00. The molecule has 32 heavy (non-hydrogen) atoms. The van der Waals surface area contributed by atoms with Gasteiger partial charge in [-0.05, 0) is 43.0 Å². The third-order valence-electron chi connectivity index (χ3n) is 6.38. The summed E-state index contributed by atoms with van der Waals surface area (Å²) < 4.78 is 19.5. The molecule has 0 bridgehead atoms. The molecule has 0 radical (unpaired) electrons. The molecule has 0 saturated carbocycles.